The summed E-state index contributed by atoms with van der Waals surface area (Å²) < 4.78 is 25.7. The average Bonchev–Trinajstić information content (AvgIpc) is 2.14. The number of nitriles is 1. The molecule has 0 atom stereocenters. The number of rotatable bonds is 0. The molecule has 0 saturated heterocycles. The van der Waals surface area contributed by atoms with Crippen LogP contribution in [0, 0.1) is 34.8 Å². The van der Waals surface area contributed by atoms with Crippen LogP contribution in [0.4, 0.5) is 14.5 Å². The lowest BCUT2D eigenvalue weighted by molar-refractivity contribution is 0.584. The third-order valence-electron chi connectivity index (χ3n) is 1.48. The van der Waals surface area contributed by atoms with Gasteiger partial charge in [-0.3, -0.25) is 0 Å². The quantitative estimate of drug-likeness (QED) is 0.503. The fraction of sp³-hybridized carbons (Fsp3) is 0.100. The molecule has 1 aromatic rings. The minimum Gasteiger partial charge on any atom is -0.396 e. The van der Waals surface area contributed by atoms with Crippen LogP contribution in [-0.4, -0.2) is 0 Å². The van der Waals surface area contributed by atoms with Crippen molar-refractivity contribution in [1.82, 2.24) is 0 Å². The van der Waals surface area contributed by atoms with E-state index in [0.717, 1.165) is 6.07 Å². The van der Waals surface area contributed by atoms with Crippen molar-refractivity contribution < 1.29 is 8.78 Å². The van der Waals surface area contributed by atoms with Crippen LogP contribution < -0.4 is 5.73 Å². The summed E-state index contributed by atoms with van der Waals surface area (Å²) in [6.07, 6.45) is -0.00325. The maximum absolute atomic E-state index is 13.0. The molecule has 0 aliphatic heterocycles. The van der Waals surface area contributed by atoms with Gasteiger partial charge in [-0.05, 0) is 6.07 Å². The van der Waals surface area contributed by atoms with E-state index in [1.54, 1.807) is 6.07 Å². The predicted molar refractivity (Wildman–Crippen MR) is 47.9 cm³/mol. The van der Waals surface area contributed by atoms with E-state index in [2.05, 4.69) is 11.8 Å². The van der Waals surface area contributed by atoms with Gasteiger partial charge in [-0.25, -0.2) is 8.78 Å². The Morgan fingerprint density at radius 1 is 1.29 bits per heavy atom. The molecule has 2 N–H and O–H groups in total. The van der Waals surface area contributed by atoms with Crippen molar-refractivity contribution in [2.75, 3.05) is 5.73 Å². The minimum absolute atomic E-state index is 0.000787. The van der Waals surface area contributed by atoms with Crippen molar-refractivity contribution in [2.24, 2.45) is 0 Å². The van der Waals surface area contributed by atoms with Gasteiger partial charge in [0.15, 0.2) is 0 Å². The Labute approximate surface area is 80.0 Å². The molecule has 70 valence electrons. The van der Waals surface area contributed by atoms with Crippen molar-refractivity contribution in [3.05, 3.63) is 29.3 Å². The minimum atomic E-state index is -0.812. The van der Waals surface area contributed by atoms with E-state index in [4.69, 9.17) is 11.0 Å². The number of anilines is 1. The standard InChI is InChI=1S/C10H6F2N2/c11-8-6-9(12)10(14)5-7(8)3-1-2-4-13/h5-6H,2,14H2. The first-order valence-electron chi connectivity index (χ1n) is 3.75. The Morgan fingerprint density at radius 3 is 2.64 bits per heavy atom. The molecular formula is C10H6F2N2. The zero-order chi connectivity index (χ0) is 10.6. The second kappa shape index (κ2) is 4.25. The van der Waals surface area contributed by atoms with Crippen molar-refractivity contribution in [2.45, 2.75) is 6.42 Å². The van der Waals surface area contributed by atoms with Gasteiger partial charge in [-0.15, -0.1) is 0 Å². The Bertz CT molecular complexity index is 450. The van der Waals surface area contributed by atoms with Crippen LogP contribution in [0.25, 0.3) is 0 Å². The molecule has 0 bridgehead atoms. The molecule has 14 heavy (non-hydrogen) atoms. The van der Waals surface area contributed by atoms with Gasteiger partial charge in [0.2, 0.25) is 0 Å². The van der Waals surface area contributed by atoms with Crippen molar-refractivity contribution in [3.63, 3.8) is 0 Å². The average molecular weight is 192 g/mol. The molecule has 1 aromatic carbocycles. The van der Waals surface area contributed by atoms with Crippen LogP contribution in [0.2, 0.25) is 0 Å². The summed E-state index contributed by atoms with van der Waals surface area (Å²) in [6.45, 7) is 0. The van der Waals surface area contributed by atoms with Gasteiger partial charge in [-0.1, -0.05) is 11.8 Å². The third-order valence-corrected chi connectivity index (χ3v) is 1.48. The van der Waals surface area contributed by atoms with E-state index in [0.29, 0.717) is 6.07 Å². The smallest absolute Gasteiger partial charge is 0.149 e. The van der Waals surface area contributed by atoms with Crippen molar-refractivity contribution >= 4 is 5.69 Å². The van der Waals surface area contributed by atoms with E-state index < -0.39 is 11.6 Å². The largest absolute Gasteiger partial charge is 0.396 e. The highest BCUT2D eigenvalue weighted by Gasteiger charge is 2.04. The number of hydrogen-bond donors (Lipinski definition) is 1. The van der Waals surface area contributed by atoms with Crippen LogP contribution in [0.5, 0.6) is 0 Å². The van der Waals surface area contributed by atoms with E-state index in [1.165, 1.54) is 0 Å². The van der Waals surface area contributed by atoms with Gasteiger partial charge < -0.3 is 5.73 Å². The van der Waals surface area contributed by atoms with Gasteiger partial charge in [-0.2, -0.15) is 5.26 Å². The van der Waals surface area contributed by atoms with Gasteiger partial charge in [0, 0.05) is 6.07 Å². The maximum Gasteiger partial charge on any atom is 0.149 e. The van der Waals surface area contributed by atoms with E-state index in [1.807, 2.05) is 0 Å². The summed E-state index contributed by atoms with van der Waals surface area (Å²) in [5.74, 6) is 3.21. The number of nitrogens with zero attached hydrogens (tertiary/aromatic N) is 1. The summed E-state index contributed by atoms with van der Waals surface area (Å²) in [5.41, 5.74) is 5.06. The molecule has 4 heteroatoms. The van der Waals surface area contributed by atoms with Crippen LogP contribution in [0.1, 0.15) is 12.0 Å². The Balaban J connectivity index is 3.07. The molecule has 2 nitrogen and oxygen atoms in total. The first-order chi connectivity index (χ1) is 6.65. The fourth-order valence-corrected chi connectivity index (χ4v) is 0.840. The van der Waals surface area contributed by atoms with Crippen LogP contribution in [-0.2, 0) is 0 Å². The van der Waals surface area contributed by atoms with E-state index >= 15 is 0 Å². The van der Waals surface area contributed by atoms with Gasteiger partial charge in [0.05, 0.1) is 23.7 Å². The first kappa shape index (κ1) is 10.0. The second-order valence-electron chi connectivity index (χ2n) is 2.49. The van der Waals surface area contributed by atoms with E-state index in [9.17, 15) is 8.78 Å². The van der Waals surface area contributed by atoms with Crippen molar-refractivity contribution in [1.29, 1.82) is 5.26 Å². The normalized spacial score (nSPS) is 8.64. The first-order valence-corrected chi connectivity index (χ1v) is 3.75. The fourth-order valence-electron chi connectivity index (χ4n) is 0.840. The maximum atomic E-state index is 13.0. The number of nitrogens with two attached hydrogens (primary N) is 1. The molecule has 0 amide bonds. The molecule has 1 rings (SSSR count). The number of nitrogen functional groups attached to an aromatic ring is 1. The zero-order valence-corrected chi connectivity index (χ0v) is 7.14. The summed E-state index contributed by atoms with van der Waals surface area (Å²) in [5, 5.41) is 8.18. The van der Waals surface area contributed by atoms with Crippen LogP contribution in [0.3, 0.4) is 0 Å². The Hall–Kier alpha value is -2.07. The molecule has 0 saturated carbocycles. The van der Waals surface area contributed by atoms with Gasteiger partial charge >= 0.3 is 0 Å². The molecule has 0 spiro atoms. The monoisotopic (exact) mass is 192 g/mol. The lowest BCUT2D eigenvalue weighted by Crippen LogP contribution is -1.94. The lowest BCUT2D eigenvalue weighted by atomic mass is 10.2. The van der Waals surface area contributed by atoms with Crippen LogP contribution in [0.15, 0.2) is 12.1 Å². The van der Waals surface area contributed by atoms with E-state index in [-0.39, 0.29) is 17.7 Å². The topological polar surface area (TPSA) is 49.8 Å². The molecule has 0 heterocycles. The summed E-state index contributed by atoms with van der Waals surface area (Å²) in [4.78, 5) is 0. The predicted octanol–water partition coefficient (Wildman–Crippen LogP) is 1.81. The molecule has 0 unspecified atom stereocenters. The number of hydrogen-bond acceptors (Lipinski definition) is 2. The van der Waals surface area contributed by atoms with Crippen molar-refractivity contribution in [3.8, 4) is 17.9 Å². The highest BCUT2D eigenvalue weighted by Crippen LogP contribution is 2.15. The van der Waals surface area contributed by atoms with Gasteiger partial charge in [0.1, 0.15) is 11.6 Å². The van der Waals surface area contributed by atoms with Crippen LogP contribution >= 0.6 is 0 Å². The summed E-state index contributed by atoms with van der Waals surface area (Å²) in [6, 6.07) is 3.56. The van der Waals surface area contributed by atoms with Gasteiger partial charge in [0.25, 0.3) is 0 Å². The molecule has 0 aliphatic rings. The SMILES string of the molecule is N#CCC#Cc1cc(N)c(F)cc1F. The highest BCUT2D eigenvalue weighted by molar-refractivity contribution is 5.49. The molecule has 0 radical (unpaired) electrons. The molecular weight excluding hydrogens is 186 g/mol. The number of halogens is 2. The lowest BCUT2D eigenvalue weighted by Gasteiger charge is -1.98. The summed E-state index contributed by atoms with van der Waals surface area (Å²) in [7, 11) is 0. The Morgan fingerprint density at radius 2 is 2.00 bits per heavy atom. The second-order valence-corrected chi connectivity index (χ2v) is 2.49. The molecule has 0 aromatic heterocycles. The number of benzene rings is 1. The highest BCUT2D eigenvalue weighted by atomic mass is 19.1. The third kappa shape index (κ3) is 2.21. The summed E-state index contributed by atoms with van der Waals surface area (Å²) >= 11 is 0. The molecule has 0 fully saturated rings. The zero-order valence-electron chi connectivity index (χ0n) is 7.14. The Kier molecular flexibility index (Phi) is 3.04. The molecule has 0 aliphatic carbocycles.